The summed E-state index contributed by atoms with van der Waals surface area (Å²) in [6.07, 6.45) is 1.12. The lowest BCUT2D eigenvalue weighted by Crippen LogP contribution is -2.22. The Bertz CT molecular complexity index is 462. The Hall–Kier alpha value is -1.12. The van der Waals surface area contributed by atoms with E-state index in [1.54, 1.807) is 11.3 Å². The van der Waals surface area contributed by atoms with Crippen molar-refractivity contribution in [1.29, 1.82) is 0 Å². The first-order valence-electron chi connectivity index (χ1n) is 6.58. The van der Waals surface area contributed by atoms with Gasteiger partial charge in [0.1, 0.15) is 0 Å². The van der Waals surface area contributed by atoms with E-state index in [1.165, 1.54) is 16.7 Å². The maximum Gasteiger partial charge on any atom is 0.00232 e. The number of thiophene rings is 1. The van der Waals surface area contributed by atoms with Gasteiger partial charge in [0.2, 0.25) is 0 Å². The van der Waals surface area contributed by atoms with E-state index >= 15 is 0 Å². The fraction of sp³-hybridized carbons (Fsp3) is 0.375. The average Bonchev–Trinajstić information content (AvgIpc) is 2.87. The summed E-state index contributed by atoms with van der Waals surface area (Å²) in [5.41, 5.74) is 4.24. The normalized spacial score (nSPS) is 12.6. The molecule has 18 heavy (non-hydrogen) atoms. The highest BCUT2D eigenvalue weighted by Crippen LogP contribution is 2.22. The molecular formula is C16H21NS. The van der Waals surface area contributed by atoms with Crippen LogP contribution in [0.5, 0.6) is 0 Å². The van der Waals surface area contributed by atoms with Gasteiger partial charge in [-0.05, 0) is 47.8 Å². The van der Waals surface area contributed by atoms with E-state index < -0.39 is 0 Å². The molecule has 1 heterocycles. The van der Waals surface area contributed by atoms with Crippen LogP contribution in [0.1, 0.15) is 29.5 Å². The molecular weight excluding hydrogens is 238 g/mol. The fourth-order valence-corrected chi connectivity index (χ4v) is 2.93. The van der Waals surface area contributed by atoms with Crippen LogP contribution in [0.4, 0.5) is 0 Å². The van der Waals surface area contributed by atoms with Gasteiger partial charge >= 0.3 is 0 Å². The van der Waals surface area contributed by atoms with Gasteiger partial charge in [0.15, 0.2) is 0 Å². The van der Waals surface area contributed by atoms with Gasteiger partial charge in [0.25, 0.3) is 0 Å². The van der Waals surface area contributed by atoms with E-state index in [1.807, 2.05) is 0 Å². The number of hydrogen-bond donors (Lipinski definition) is 1. The minimum Gasteiger partial charge on any atom is -0.316 e. The smallest absolute Gasteiger partial charge is 0.00232 e. The van der Waals surface area contributed by atoms with Gasteiger partial charge in [0.05, 0.1) is 0 Å². The van der Waals surface area contributed by atoms with Crippen molar-refractivity contribution in [3.05, 3.63) is 57.8 Å². The third-order valence-corrected chi connectivity index (χ3v) is 3.95. The average molecular weight is 259 g/mol. The van der Waals surface area contributed by atoms with E-state index in [0.717, 1.165) is 19.5 Å². The summed E-state index contributed by atoms with van der Waals surface area (Å²) in [4.78, 5) is 0. The van der Waals surface area contributed by atoms with Gasteiger partial charge < -0.3 is 5.32 Å². The van der Waals surface area contributed by atoms with Crippen LogP contribution in [0.2, 0.25) is 0 Å². The molecule has 0 aliphatic rings. The van der Waals surface area contributed by atoms with Crippen molar-refractivity contribution in [3.8, 4) is 0 Å². The standard InChI is InChI=1S/C16H21NS/c1-3-17-11-16(10-14-7-8-18-12-14)15-6-4-5-13(2)9-15/h4-9,12,16-17H,3,10-11H2,1-2H3. The lowest BCUT2D eigenvalue weighted by Gasteiger charge is -2.18. The molecule has 2 rings (SSSR count). The Kier molecular flexibility index (Phi) is 4.97. The van der Waals surface area contributed by atoms with Crippen LogP contribution in [-0.2, 0) is 6.42 Å². The Morgan fingerprint density at radius 1 is 1.28 bits per heavy atom. The number of rotatable bonds is 6. The van der Waals surface area contributed by atoms with Crippen molar-refractivity contribution in [2.75, 3.05) is 13.1 Å². The van der Waals surface area contributed by atoms with Crippen molar-refractivity contribution in [2.24, 2.45) is 0 Å². The maximum absolute atomic E-state index is 3.48. The third-order valence-electron chi connectivity index (χ3n) is 3.22. The molecule has 0 amide bonds. The molecule has 0 spiro atoms. The van der Waals surface area contributed by atoms with Crippen LogP contribution in [0.3, 0.4) is 0 Å². The monoisotopic (exact) mass is 259 g/mol. The summed E-state index contributed by atoms with van der Waals surface area (Å²) >= 11 is 1.78. The fourth-order valence-electron chi connectivity index (χ4n) is 2.24. The SMILES string of the molecule is CCNCC(Cc1ccsc1)c1cccc(C)c1. The van der Waals surface area contributed by atoms with Crippen LogP contribution < -0.4 is 5.32 Å². The first-order chi connectivity index (χ1) is 8.79. The number of aryl methyl sites for hydroxylation is 1. The highest BCUT2D eigenvalue weighted by atomic mass is 32.1. The lowest BCUT2D eigenvalue weighted by atomic mass is 9.92. The Morgan fingerprint density at radius 2 is 2.17 bits per heavy atom. The predicted molar refractivity (Wildman–Crippen MR) is 80.5 cm³/mol. The summed E-state index contributed by atoms with van der Waals surface area (Å²) in [5, 5.41) is 7.90. The molecule has 0 saturated heterocycles. The van der Waals surface area contributed by atoms with Crippen molar-refractivity contribution in [3.63, 3.8) is 0 Å². The second kappa shape index (κ2) is 6.72. The molecule has 0 saturated carbocycles. The molecule has 0 radical (unpaired) electrons. The third kappa shape index (κ3) is 3.69. The van der Waals surface area contributed by atoms with E-state index in [9.17, 15) is 0 Å². The van der Waals surface area contributed by atoms with Crippen LogP contribution in [0.25, 0.3) is 0 Å². The maximum atomic E-state index is 3.48. The van der Waals surface area contributed by atoms with Gasteiger partial charge in [-0.25, -0.2) is 0 Å². The molecule has 96 valence electrons. The molecule has 1 unspecified atom stereocenters. The molecule has 1 aromatic heterocycles. The zero-order valence-electron chi connectivity index (χ0n) is 11.1. The molecule has 1 N–H and O–H groups in total. The van der Waals surface area contributed by atoms with Crippen molar-refractivity contribution >= 4 is 11.3 Å². The molecule has 0 aliphatic carbocycles. The van der Waals surface area contributed by atoms with Gasteiger partial charge in [-0.3, -0.25) is 0 Å². The molecule has 0 fully saturated rings. The Balaban J connectivity index is 2.13. The minimum atomic E-state index is 0.569. The van der Waals surface area contributed by atoms with Crippen molar-refractivity contribution < 1.29 is 0 Å². The second-order valence-corrected chi connectivity index (χ2v) is 5.53. The summed E-state index contributed by atoms with van der Waals surface area (Å²) in [6.45, 7) is 6.41. The van der Waals surface area contributed by atoms with E-state index in [-0.39, 0.29) is 0 Å². The van der Waals surface area contributed by atoms with Crippen LogP contribution >= 0.6 is 11.3 Å². The van der Waals surface area contributed by atoms with E-state index in [0.29, 0.717) is 5.92 Å². The van der Waals surface area contributed by atoms with Crippen molar-refractivity contribution in [1.82, 2.24) is 5.32 Å². The predicted octanol–water partition coefficient (Wildman–Crippen LogP) is 3.99. The Labute approximate surface area is 114 Å². The van der Waals surface area contributed by atoms with Gasteiger partial charge in [-0.2, -0.15) is 11.3 Å². The zero-order valence-corrected chi connectivity index (χ0v) is 12.0. The molecule has 1 nitrogen and oxygen atoms in total. The van der Waals surface area contributed by atoms with E-state index in [4.69, 9.17) is 0 Å². The highest BCUT2D eigenvalue weighted by molar-refractivity contribution is 7.07. The molecule has 1 atom stereocenters. The summed E-state index contributed by atoms with van der Waals surface area (Å²) in [6, 6.07) is 11.1. The first-order valence-corrected chi connectivity index (χ1v) is 7.52. The van der Waals surface area contributed by atoms with Crippen LogP contribution in [0.15, 0.2) is 41.1 Å². The molecule has 0 bridgehead atoms. The van der Waals surface area contributed by atoms with Gasteiger partial charge in [-0.1, -0.05) is 36.8 Å². The summed E-state index contributed by atoms with van der Waals surface area (Å²) in [7, 11) is 0. The molecule has 1 aromatic carbocycles. The first kappa shape index (κ1) is 13.3. The minimum absolute atomic E-state index is 0.569. The summed E-state index contributed by atoms with van der Waals surface area (Å²) < 4.78 is 0. The molecule has 0 aliphatic heterocycles. The second-order valence-electron chi connectivity index (χ2n) is 4.75. The quantitative estimate of drug-likeness (QED) is 0.827. The molecule has 2 aromatic rings. The zero-order chi connectivity index (χ0) is 12.8. The van der Waals surface area contributed by atoms with Crippen LogP contribution in [-0.4, -0.2) is 13.1 Å². The highest BCUT2D eigenvalue weighted by Gasteiger charge is 2.12. The van der Waals surface area contributed by atoms with Gasteiger partial charge in [-0.15, -0.1) is 0 Å². The lowest BCUT2D eigenvalue weighted by molar-refractivity contribution is 0.595. The topological polar surface area (TPSA) is 12.0 Å². The van der Waals surface area contributed by atoms with E-state index in [2.05, 4.69) is 60.3 Å². The van der Waals surface area contributed by atoms with Crippen molar-refractivity contribution in [2.45, 2.75) is 26.2 Å². The number of hydrogen-bond acceptors (Lipinski definition) is 2. The molecule has 2 heteroatoms. The van der Waals surface area contributed by atoms with Gasteiger partial charge in [0, 0.05) is 12.5 Å². The number of benzene rings is 1. The number of nitrogens with one attached hydrogen (secondary N) is 1. The largest absolute Gasteiger partial charge is 0.316 e. The summed E-state index contributed by atoms with van der Waals surface area (Å²) in [5.74, 6) is 0.569. The van der Waals surface area contributed by atoms with Crippen LogP contribution in [0, 0.1) is 6.92 Å². The Morgan fingerprint density at radius 3 is 2.83 bits per heavy atom. The number of likely N-dealkylation sites (N-methyl/N-ethyl adjacent to an activating group) is 1.